The Morgan fingerprint density at radius 1 is 1.03 bits per heavy atom. The van der Waals surface area contributed by atoms with E-state index in [4.69, 9.17) is 0 Å². The molecular weight excluding hydrogens is 378 g/mol. The second-order valence-corrected chi connectivity index (χ2v) is 7.00. The number of anilines is 1. The number of amides is 1. The number of hydrogen-bond donors (Lipinski definition) is 1. The molecular formula is C21H20F2N4O2. The Balaban J connectivity index is 1.54. The Kier molecular flexibility index (Phi) is 4.92. The van der Waals surface area contributed by atoms with Crippen LogP contribution in [0.25, 0.3) is 5.69 Å². The lowest BCUT2D eigenvalue weighted by atomic mass is 10.1. The van der Waals surface area contributed by atoms with Gasteiger partial charge in [0.2, 0.25) is 0 Å². The number of benzene rings is 2. The van der Waals surface area contributed by atoms with Gasteiger partial charge in [0.05, 0.1) is 11.9 Å². The number of para-hydroxylation sites is 2. The van der Waals surface area contributed by atoms with Crippen molar-refractivity contribution in [3.63, 3.8) is 0 Å². The molecule has 1 fully saturated rings. The molecule has 150 valence electrons. The van der Waals surface area contributed by atoms with Gasteiger partial charge in [-0.05, 0) is 31.2 Å². The highest BCUT2D eigenvalue weighted by molar-refractivity contribution is 5.95. The van der Waals surface area contributed by atoms with E-state index in [2.05, 4.69) is 5.10 Å². The number of carbonyl (C=O) groups is 1. The molecule has 1 aromatic heterocycles. The fourth-order valence-corrected chi connectivity index (χ4v) is 3.60. The molecule has 2 aromatic carbocycles. The van der Waals surface area contributed by atoms with Crippen LogP contribution in [0.2, 0.25) is 0 Å². The second-order valence-electron chi connectivity index (χ2n) is 7.00. The number of halogens is 2. The number of rotatable bonds is 3. The summed E-state index contributed by atoms with van der Waals surface area (Å²) >= 11 is 0. The Labute approximate surface area is 166 Å². The first kappa shape index (κ1) is 18.9. The van der Waals surface area contributed by atoms with Crippen LogP contribution in [0.4, 0.5) is 14.5 Å². The van der Waals surface area contributed by atoms with Gasteiger partial charge in [-0.15, -0.1) is 0 Å². The van der Waals surface area contributed by atoms with E-state index in [1.54, 1.807) is 35.2 Å². The summed E-state index contributed by atoms with van der Waals surface area (Å²) in [5.74, 6) is -1.58. The van der Waals surface area contributed by atoms with Gasteiger partial charge in [-0.3, -0.25) is 4.79 Å². The minimum atomic E-state index is -0.513. The highest BCUT2D eigenvalue weighted by Gasteiger charge is 2.32. The molecule has 1 aliphatic rings. The lowest BCUT2D eigenvalue weighted by Crippen LogP contribution is -2.54. The van der Waals surface area contributed by atoms with Crippen LogP contribution in [0.1, 0.15) is 17.4 Å². The van der Waals surface area contributed by atoms with Gasteiger partial charge in [0, 0.05) is 25.7 Å². The van der Waals surface area contributed by atoms with Crippen molar-refractivity contribution in [1.29, 1.82) is 0 Å². The van der Waals surface area contributed by atoms with Gasteiger partial charge in [-0.1, -0.05) is 24.3 Å². The molecule has 29 heavy (non-hydrogen) atoms. The van der Waals surface area contributed by atoms with Gasteiger partial charge < -0.3 is 14.9 Å². The lowest BCUT2D eigenvalue weighted by molar-refractivity contribution is 0.0664. The number of hydrogen-bond acceptors (Lipinski definition) is 4. The van der Waals surface area contributed by atoms with Gasteiger partial charge in [-0.2, -0.15) is 5.10 Å². The van der Waals surface area contributed by atoms with Crippen molar-refractivity contribution < 1.29 is 18.7 Å². The molecule has 0 saturated carbocycles. The topological polar surface area (TPSA) is 61.6 Å². The molecule has 6 nitrogen and oxygen atoms in total. The summed E-state index contributed by atoms with van der Waals surface area (Å²) in [5.41, 5.74) is 0.497. The summed E-state index contributed by atoms with van der Waals surface area (Å²) in [6, 6.07) is 12.3. The maximum atomic E-state index is 14.1. The molecule has 0 aliphatic carbocycles. The lowest BCUT2D eigenvalue weighted by Gasteiger charge is -2.40. The highest BCUT2D eigenvalue weighted by atomic mass is 19.1. The van der Waals surface area contributed by atoms with Crippen LogP contribution >= 0.6 is 0 Å². The third-order valence-corrected chi connectivity index (χ3v) is 5.08. The Hall–Kier alpha value is -3.42. The van der Waals surface area contributed by atoms with Crippen molar-refractivity contribution in [2.75, 3.05) is 24.5 Å². The molecule has 2 heterocycles. The molecule has 0 bridgehead atoms. The zero-order valence-electron chi connectivity index (χ0n) is 15.8. The molecule has 1 N–H and O–H groups in total. The molecule has 0 spiro atoms. The fraction of sp³-hybridized carbons (Fsp3) is 0.238. The predicted octanol–water partition coefficient (Wildman–Crippen LogP) is 3.21. The fourth-order valence-electron chi connectivity index (χ4n) is 3.60. The van der Waals surface area contributed by atoms with Crippen LogP contribution in [0.3, 0.4) is 0 Å². The number of nitrogens with zero attached hydrogens (tertiary/aromatic N) is 4. The van der Waals surface area contributed by atoms with E-state index in [0.29, 0.717) is 25.3 Å². The average Bonchev–Trinajstić information content (AvgIpc) is 3.09. The summed E-state index contributed by atoms with van der Waals surface area (Å²) in [7, 11) is 0. The summed E-state index contributed by atoms with van der Waals surface area (Å²) in [5, 5.41) is 14.3. The third kappa shape index (κ3) is 3.53. The summed E-state index contributed by atoms with van der Waals surface area (Å²) in [6.07, 6.45) is 1.21. The van der Waals surface area contributed by atoms with Crippen molar-refractivity contribution in [3.8, 4) is 11.4 Å². The monoisotopic (exact) mass is 398 g/mol. The minimum Gasteiger partial charge on any atom is -0.504 e. The summed E-state index contributed by atoms with van der Waals surface area (Å²) in [4.78, 5) is 16.5. The first-order chi connectivity index (χ1) is 14.0. The van der Waals surface area contributed by atoms with Gasteiger partial charge in [-0.25, -0.2) is 13.5 Å². The summed E-state index contributed by atoms with van der Waals surface area (Å²) < 4.78 is 29.2. The summed E-state index contributed by atoms with van der Waals surface area (Å²) in [6.45, 7) is 3.10. The van der Waals surface area contributed by atoms with E-state index < -0.39 is 11.7 Å². The molecule has 1 aliphatic heterocycles. The van der Waals surface area contributed by atoms with E-state index in [9.17, 15) is 18.7 Å². The normalized spacial score (nSPS) is 16.9. The predicted molar refractivity (Wildman–Crippen MR) is 104 cm³/mol. The first-order valence-electron chi connectivity index (χ1n) is 9.29. The number of aromatic hydroxyl groups is 1. The van der Waals surface area contributed by atoms with Gasteiger partial charge in [0.15, 0.2) is 11.4 Å². The van der Waals surface area contributed by atoms with Crippen LogP contribution in [0.15, 0.2) is 54.7 Å². The molecule has 3 aromatic rings. The number of piperazine rings is 1. The van der Waals surface area contributed by atoms with Gasteiger partial charge in [0.25, 0.3) is 5.91 Å². The van der Waals surface area contributed by atoms with Crippen LogP contribution in [-0.4, -0.2) is 51.4 Å². The SMILES string of the molecule is CC1CN(c2ccccc2F)CCN1C(=O)c1nn(-c2ccccc2F)cc1O. The second kappa shape index (κ2) is 7.54. The van der Waals surface area contributed by atoms with E-state index in [1.165, 1.54) is 24.4 Å². The standard InChI is InChI=1S/C21H20F2N4O2/c1-14-12-25(17-8-4-2-6-15(17)22)10-11-26(14)21(29)20-19(28)13-27(24-20)18-9-5-3-7-16(18)23/h2-9,13-14,28H,10-12H2,1H3. The molecule has 0 radical (unpaired) electrons. The van der Waals surface area contributed by atoms with Crippen molar-refractivity contribution in [2.45, 2.75) is 13.0 Å². The number of aromatic nitrogens is 2. The molecule has 8 heteroatoms. The van der Waals surface area contributed by atoms with E-state index >= 15 is 0 Å². The third-order valence-electron chi connectivity index (χ3n) is 5.08. The molecule has 4 rings (SSSR count). The van der Waals surface area contributed by atoms with Crippen molar-refractivity contribution in [2.24, 2.45) is 0 Å². The Morgan fingerprint density at radius 2 is 1.66 bits per heavy atom. The van der Waals surface area contributed by atoms with E-state index in [0.717, 1.165) is 4.68 Å². The van der Waals surface area contributed by atoms with Crippen molar-refractivity contribution in [3.05, 3.63) is 72.1 Å². The highest BCUT2D eigenvalue weighted by Crippen LogP contribution is 2.26. The van der Waals surface area contributed by atoms with Crippen molar-refractivity contribution in [1.82, 2.24) is 14.7 Å². The smallest absolute Gasteiger partial charge is 0.278 e. The Bertz CT molecular complexity index is 1050. The molecule has 1 atom stereocenters. The molecule has 1 amide bonds. The Morgan fingerprint density at radius 3 is 2.28 bits per heavy atom. The minimum absolute atomic E-state index is 0.138. The first-order valence-corrected chi connectivity index (χ1v) is 9.29. The van der Waals surface area contributed by atoms with Crippen LogP contribution in [-0.2, 0) is 0 Å². The van der Waals surface area contributed by atoms with Crippen LogP contribution in [0, 0.1) is 11.6 Å². The largest absolute Gasteiger partial charge is 0.504 e. The van der Waals surface area contributed by atoms with E-state index in [-0.39, 0.29) is 29.0 Å². The quantitative estimate of drug-likeness (QED) is 0.736. The van der Waals surface area contributed by atoms with E-state index in [1.807, 2.05) is 11.8 Å². The van der Waals surface area contributed by atoms with Gasteiger partial charge in [0.1, 0.15) is 17.3 Å². The zero-order valence-corrected chi connectivity index (χ0v) is 15.8. The zero-order chi connectivity index (χ0) is 20.5. The van der Waals surface area contributed by atoms with Gasteiger partial charge >= 0.3 is 0 Å². The maximum absolute atomic E-state index is 14.1. The van der Waals surface area contributed by atoms with Crippen LogP contribution < -0.4 is 4.90 Å². The van der Waals surface area contributed by atoms with Crippen LogP contribution in [0.5, 0.6) is 5.75 Å². The molecule has 1 unspecified atom stereocenters. The van der Waals surface area contributed by atoms with Crippen molar-refractivity contribution >= 4 is 11.6 Å². The number of carbonyl (C=O) groups excluding carboxylic acids is 1. The molecule has 1 saturated heterocycles. The average molecular weight is 398 g/mol. The maximum Gasteiger partial charge on any atom is 0.278 e.